The average Bonchev–Trinajstić information content (AvgIpc) is 1.62. The minimum absolute atomic E-state index is 0.0116. The number of benzene rings is 9. The molecule has 0 aliphatic rings. The smallest absolute Gasteiger partial charge is 0.240 e. The third-order valence-electron chi connectivity index (χ3n) is 11.4. The van der Waals surface area contributed by atoms with E-state index in [1.807, 2.05) is 116 Å². The summed E-state index contributed by atoms with van der Waals surface area (Å²) in [6.45, 7) is 1.91. The Morgan fingerprint density at radius 2 is 0.859 bits per heavy atom. The van der Waals surface area contributed by atoms with Crippen LogP contribution in [0.3, 0.4) is 0 Å². The molecule has 6 heteroatoms. The van der Waals surface area contributed by atoms with Gasteiger partial charge in [-0.15, -0.1) is 0 Å². The van der Waals surface area contributed by atoms with Gasteiger partial charge in [-0.1, -0.05) is 211 Å². The van der Waals surface area contributed by atoms with Crippen molar-refractivity contribution in [1.29, 1.82) is 0 Å². The highest BCUT2D eigenvalue weighted by Gasteiger charge is 2.42. The summed E-state index contributed by atoms with van der Waals surface area (Å²) in [5.41, 5.74) is 0.0750. The van der Waals surface area contributed by atoms with Crippen molar-refractivity contribution in [3.05, 3.63) is 236 Å². The van der Waals surface area contributed by atoms with Crippen LogP contribution in [0, 0.1) is 6.92 Å². The highest BCUT2D eigenvalue weighted by Crippen LogP contribution is 2.34. The highest BCUT2D eigenvalue weighted by atomic mass is 28.3. The van der Waals surface area contributed by atoms with Gasteiger partial charge in [0.2, 0.25) is 11.9 Å². The van der Waals surface area contributed by atoms with E-state index in [1.165, 1.54) is 0 Å². The molecule has 0 saturated carbocycles. The Morgan fingerprint density at radius 3 is 1.41 bits per heavy atom. The lowest BCUT2D eigenvalue weighted by atomic mass is 10.1. The Hall–Kier alpha value is -8.19. The first kappa shape index (κ1) is 22.2. The summed E-state index contributed by atoms with van der Waals surface area (Å²) in [5, 5.41) is 0.397. The van der Waals surface area contributed by atoms with Crippen LogP contribution >= 0.6 is 0 Å². The van der Waals surface area contributed by atoms with Gasteiger partial charge in [-0.2, -0.15) is 15.0 Å². The van der Waals surface area contributed by atoms with E-state index in [2.05, 4.69) is 0 Å². The average molecular weight is 856 g/mol. The van der Waals surface area contributed by atoms with Gasteiger partial charge in [-0.05, 0) is 63.0 Å². The van der Waals surface area contributed by atoms with Crippen LogP contribution in [0.5, 0.6) is 0 Å². The van der Waals surface area contributed by atoms with E-state index in [4.69, 9.17) is 25.9 Å². The first-order valence-corrected chi connectivity index (χ1v) is 22.1. The van der Waals surface area contributed by atoms with E-state index in [-0.39, 0.29) is 5.19 Å². The molecule has 1 atom stereocenters. The predicted molar refractivity (Wildman–Crippen MR) is 268 cm³/mol. The molecule has 5 nitrogen and oxygen atoms in total. The minimum atomic E-state index is -4.17. The van der Waals surface area contributed by atoms with Crippen LogP contribution in [0.15, 0.2) is 230 Å². The first-order chi connectivity index (χ1) is 40.0. The Bertz CT molecular complexity index is 4530. The Labute approximate surface area is 400 Å². The van der Waals surface area contributed by atoms with Crippen LogP contribution in [0.4, 0.5) is 0 Å². The summed E-state index contributed by atoms with van der Waals surface area (Å²) in [6.07, 6.45) is 0. The van der Waals surface area contributed by atoms with E-state index in [0.29, 0.717) is 15.6 Å². The van der Waals surface area contributed by atoms with Crippen molar-refractivity contribution in [2.45, 2.75) is 6.92 Å². The molecule has 0 saturated heterocycles. The summed E-state index contributed by atoms with van der Waals surface area (Å²) >= 11 is 0. The molecule has 302 valence electrons. The number of para-hydroxylation sites is 4. The monoisotopic (exact) mass is 855 g/mol. The van der Waals surface area contributed by atoms with Gasteiger partial charge in [0.1, 0.15) is 0 Å². The maximum absolute atomic E-state index is 10.7. The molecule has 64 heavy (non-hydrogen) atoms. The van der Waals surface area contributed by atoms with Gasteiger partial charge >= 0.3 is 0 Å². The van der Waals surface area contributed by atoms with Crippen molar-refractivity contribution in [2.75, 3.05) is 0 Å². The van der Waals surface area contributed by atoms with Crippen molar-refractivity contribution < 1.29 is 27.4 Å². The number of aromatic nitrogens is 5. The van der Waals surface area contributed by atoms with Gasteiger partial charge in [0.25, 0.3) is 0 Å². The van der Waals surface area contributed by atoms with Crippen molar-refractivity contribution in [3.8, 4) is 34.4 Å². The molecule has 0 radical (unpaired) electrons. The summed E-state index contributed by atoms with van der Waals surface area (Å²) in [6, 6.07) is 19.3. The van der Waals surface area contributed by atoms with Gasteiger partial charge in [-0.25, -0.2) is 0 Å². The fourth-order valence-electron chi connectivity index (χ4n) is 8.54. The largest absolute Gasteiger partial charge is 0.278 e. The van der Waals surface area contributed by atoms with Crippen molar-refractivity contribution in [1.82, 2.24) is 24.1 Å². The Morgan fingerprint density at radius 1 is 0.391 bits per heavy atom. The summed E-state index contributed by atoms with van der Waals surface area (Å²) in [4.78, 5) is 14.5. The summed E-state index contributed by atoms with van der Waals surface area (Å²) < 4.78 is 187. The number of aryl methyl sites for hydroxylation is 1. The topological polar surface area (TPSA) is 48.5 Å². The van der Waals surface area contributed by atoms with Gasteiger partial charge < -0.3 is 0 Å². The third-order valence-corrected chi connectivity index (χ3v) is 16.0. The second-order valence-electron chi connectivity index (χ2n) is 15.0. The molecule has 0 fully saturated rings. The van der Waals surface area contributed by atoms with Crippen LogP contribution in [0.1, 0.15) is 33.0 Å². The number of fused-ring (bicyclic) bond motifs is 6. The fraction of sp³-hybridized carbons (Fsp3) is 0.0172. The molecule has 0 spiro atoms. The molecule has 0 bridgehead atoms. The zero-order valence-corrected chi connectivity index (χ0v) is 34.6. The molecule has 0 aliphatic heterocycles. The molecule has 0 amide bonds. The maximum atomic E-state index is 10.7. The number of hydrogen-bond donors (Lipinski definition) is 0. The van der Waals surface area contributed by atoms with Crippen molar-refractivity contribution >= 4 is 72.4 Å². The number of rotatable bonds is 8. The Balaban J connectivity index is 1.32. The molecule has 3 aromatic heterocycles. The maximum Gasteiger partial charge on any atom is 0.240 e. The number of hydrogen-bond acceptors (Lipinski definition) is 3. The van der Waals surface area contributed by atoms with E-state index in [0.717, 1.165) is 25.8 Å². The lowest BCUT2D eigenvalue weighted by Crippen LogP contribution is -2.74. The zero-order chi connectivity index (χ0) is 60.0. The molecule has 0 aliphatic carbocycles. The van der Waals surface area contributed by atoms with Crippen LogP contribution in [0.2, 0.25) is 0 Å². The van der Waals surface area contributed by atoms with Crippen LogP contribution in [0.25, 0.3) is 78.0 Å². The lowest BCUT2D eigenvalue weighted by molar-refractivity contribution is 0.893. The quantitative estimate of drug-likeness (QED) is 0.113. The standard InChI is InChI=1S/C58H41N5Si/c1-40-34-36-45(37-35-40)64(44-22-6-3-7-23-44,46-24-16-20-42(38-46)41-18-4-2-5-19-41)47-25-17-21-43(39-47)56-59-57(62-52-30-12-8-26-48(52)49-27-9-13-31-53(49)62)61-58(60-56)63-54-32-14-10-28-50(54)51-29-11-15-33-55(51)63/h2-39H,1H3/i8D,9D,10D,11D,12D,13D,14D,15D,17D,21D,25D,26D,27D,28D,29D,30D,31D,32D,33D,39D. The fourth-order valence-corrected chi connectivity index (χ4v) is 13.0. The SMILES string of the molecule is [2H]c1c([2H])c(-c2nc(-n3c4c([2H])c([2H])c([2H])c([2H])c4c4c([2H])c([2H])c([2H])c([2H])c43)nc(-n3c4c([2H])c([2H])c([2H])c([2H])c4c4c([2H])c([2H])c([2H])c([2H])c43)n2)c([2H])c([Si](c2ccccc2)(c2ccc(C)cc2)c2cccc(-c3ccccc3)c2)c1[2H]. The van der Waals surface area contributed by atoms with Crippen LogP contribution < -0.4 is 20.7 Å². The minimum Gasteiger partial charge on any atom is -0.278 e. The van der Waals surface area contributed by atoms with E-state index in [1.54, 1.807) is 0 Å². The molecule has 1 unspecified atom stereocenters. The highest BCUT2D eigenvalue weighted by molar-refractivity contribution is 7.20. The first-order valence-electron chi connectivity index (χ1n) is 30.1. The van der Waals surface area contributed by atoms with Crippen molar-refractivity contribution in [3.63, 3.8) is 0 Å². The van der Waals surface area contributed by atoms with Crippen molar-refractivity contribution in [2.24, 2.45) is 0 Å². The van der Waals surface area contributed by atoms with Crippen LogP contribution in [-0.4, -0.2) is 32.2 Å². The van der Waals surface area contributed by atoms with Gasteiger partial charge in [0.05, 0.1) is 49.5 Å². The van der Waals surface area contributed by atoms with Gasteiger partial charge in [0.15, 0.2) is 13.9 Å². The molecule has 12 aromatic rings. The van der Waals surface area contributed by atoms with Gasteiger partial charge in [0, 0.05) is 27.1 Å². The van der Waals surface area contributed by atoms with E-state index in [9.17, 15) is 16.4 Å². The zero-order valence-electron chi connectivity index (χ0n) is 53.6. The molecule has 3 heterocycles. The normalized spacial score (nSPS) is 17.0. The summed E-state index contributed by atoms with van der Waals surface area (Å²) in [7, 11) is -4.17. The summed E-state index contributed by atoms with van der Waals surface area (Å²) in [5.74, 6) is -2.14. The third kappa shape index (κ3) is 6.03. The molecular weight excluding hydrogens is 795 g/mol. The van der Waals surface area contributed by atoms with E-state index >= 15 is 0 Å². The molecule has 12 rings (SSSR count). The second kappa shape index (κ2) is 15.3. The Kier molecular flexibility index (Phi) is 5.32. The molecule has 0 N–H and O–H groups in total. The second-order valence-corrected chi connectivity index (χ2v) is 18.7. The van der Waals surface area contributed by atoms with Gasteiger partial charge in [-0.3, -0.25) is 9.13 Å². The molecular formula is C58H41N5Si. The number of nitrogens with zero attached hydrogens (tertiary/aromatic N) is 5. The predicted octanol–water partition coefficient (Wildman–Crippen LogP) is 11.1. The lowest BCUT2D eigenvalue weighted by Gasteiger charge is -2.35. The van der Waals surface area contributed by atoms with Crippen LogP contribution in [-0.2, 0) is 0 Å². The van der Waals surface area contributed by atoms with E-state index < -0.39 is 196 Å². The molecule has 9 aromatic carbocycles.